The molecule has 1 aliphatic carbocycles. The minimum atomic E-state index is -1.94. The second-order valence-corrected chi connectivity index (χ2v) is 13.2. The Morgan fingerprint density at radius 1 is 0.686 bits per heavy atom. The van der Waals surface area contributed by atoms with Crippen molar-refractivity contribution in [2.75, 3.05) is 13.2 Å². The van der Waals surface area contributed by atoms with Gasteiger partial charge in [-0.05, 0) is 31.1 Å². The first kappa shape index (κ1) is 40.1. The highest BCUT2D eigenvalue weighted by molar-refractivity contribution is 5.32. The molecule has 19 nitrogen and oxygen atoms in total. The molecule has 5 rings (SSSR count). The summed E-state index contributed by atoms with van der Waals surface area (Å²) >= 11 is 0. The molecule has 0 spiro atoms. The van der Waals surface area contributed by atoms with E-state index in [1.54, 1.807) is 6.92 Å². The van der Waals surface area contributed by atoms with Crippen LogP contribution >= 0.6 is 0 Å². The number of hydrogen-bond donors (Lipinski definition) is 13. The maximum absolute atomic E-state index is 11.1. The lowest BCUT2D eigenvalue weighted by Gasteiger charge is -2.48. The molecule has 290 valence electrons. The van der Waals surface area contributed by atoms with E-state index in [1.165, 1.54) is 37.3 Å². The van der Waals surface area contributed by atoms with Crippen molar-refractivity contribution in [3.05, 3.63) is 35.9 Å². The monoisotopic (exact) mass is 735 g/mol. The van der Waals surface area contributed by atoms with Crippen molar-refractivity contribution in [1.82, 2.24) is 5.32 Å². The van der Waals surface area contributed by atoms with Crippen molar-refractivity contribution < 1.29 is 89.7 Å². The van der Waals surface area contributed by atoms with Crippen molar-refractivity contribution >= 4 is 0 Å². The van der Waals surface area contributed by atoms with Crippen LogP contribution in [0.3, 0.4) is 0 Å². The SMILES string of the molecule is CCC1=CC(NC2C(C)OC(OC3C(CO)OC(OC4C(CO)OC(Oc5cccc(O)c5)C(O)C4O)C(O)C3O)C(O)C2O)C(O)C(O)C1O. The number of rotatable bonds is 11. The van der Waals surface area contributed by atoms with Gasteiger partial charge in [-0.25, -0.2) is 0 Å². The topological polar surface area (TPSA) is 310 Å². The van der Waals surface area contributed by atoms with E-state index in [4.69, 9.17) is 28.4 Å². The summed E-state index contributed by atoms with van der Waals surface area (Å²) in [6.45, 7) is 1.69. The van der Waals surface area contributed by atoms with Gasteiger partial charge < -0.3 is 95.0 Å². The third kappa shape index (κ3) is 8.35. The molecular formula is C32H49NO18. The molecule has 3 fully saturated rings. The van der Waals surface area contributed by atoms with Crippen LogP contribution in [0.15, 0.2) is 35.9 Å². The average Bonchev–Trinajstić information content (AvgIpc) is 3.11. The number of hydrogen-bond acceptors (Lipinski definition) is 19. The molecule has 19 unspecified atom stereocenters. The van der Waals surface area contributed by atoms with E-state index in [9.17, 15) is 61.3 Å². The molecule has 4 aliphatic rings. The number of aliphatic hydroxyl groups excluding tert-OH is 11. The maximum Gasteiger partial charge on any atom is 0.229 e. The Morgan fingerprint density at radius 3 is 1.80 bits per heavy atom. The summed E-state index contributed by atoms with van der Waals surface area (Å²) in [4.78, 5) is 0. The van der Waals surface area contributed by atoms with Gasteiger partial charge in [-0.15, -0.1) is 0 Å². The molecule has 1 aromatic carbocycles. The minimum absolute atomic E-state index is 0.0837. The van der Waals surface area contributed by atoms with E-state index >= 15 is 0 Å². The Hall–Kier alpha value is -2.12. The van der Waals surface area contributed by atoms with E-state index < -0.39 is 130 Å². The van der Waals surface area contributed by atoms with Gasteiger partial charge in [-0.1, -0.05) is 19.1 Å². The summed E-state index contributed by atoms with van der Waals surface area (Å²) < 4.78 is 34.0. The highest BCUT2D eigenvalue weighted by Crippen LogP contribution is 2.34. The largest absolute Gasteiger partial charge is 0.508 e. The van der Waals surface area contributed by atoms with E-state index in [2.05, 4.69) is 5.32 Å². The minimum Gasteiger partial charge on any atom is -0.508 e. The van der Waals surface area contributed by atoms with Gasteiger partial charge in [-0.2, -0.15) is 0 Å². The number of nitrogens with one attached hydrogen (secondary N) is 1. The molecule has 0 aromatic heterocycles. The standard InChI is InChI=1S/C32H49NO18/c1-3-12-7-15(20(38)22(40)19(12)37)33-18-11(2)46-30(25(43)21(18)39)50-28-17(10-35)49-32(27(45)24(28)42)51-29-16(9-34)48-31(26(44)23(29)41)47-14-6-4-5-13(36)8-14/h4-8,11,15-45H,3,9-10H2,1-2H3. The number of phenols is 1. The summed E-state index contributed by atoms with van der Waals surface area (Å²) in [5, 5.41) is 129. The lowest BCUT2D eigenvalue weighted by atomic mass is 9.85. The second kappa shape index (κ2) is 16.9. The smallest absolute Gasteiger partial charge is 0.229 e. The third-order valence-corrected chi connectivity index (χ3v) is 9.75. The number of aliphatic hydroxyl groups is 11. The summed E-state index contributed by atoms with van der Waals surface area (Å²) in [7, 11) is 0. The highest BCUT2D eigenvalue weighted by atomic mass is 16.8. The van der Waals surface area contributed by atoms with Gasteiger partial charge in [-0.3, -0.25) is 0 Å². The molecule has 0 bridgehead atoms. The summed E-state index contributed by atoms with van der Waals surface area (Å²) in [5.74, 6) is -0.0555. The normalized spacial score (nSPS) is 46.4. The molecule has 1 aromatic rings. The van der Waals surface area contributed by atoms with Crippen LogP contribution in [0.4, 0.5) is 0 Å². The number of benzene rings is 1. The van der Waals surface area contributed by atoms with Gasteiger partial charge in [0.05, 0.1) is 31.4 Å². The van der Waals surface area contributed by atoms with Crippen molar-refractivity contribution in [1.29, 1.82) is 0 Å². The predicted octanol–water partition coefficient (Wildman–Crippen LogP) is -5.35. The molecule has 51 heavy (non-hydrogen) atoms. The van der Waals surface area contributed by atoms with Crippen LogP contribution < -0.4 is 10.1 Å². The van der Waals surface area contributed by atoms with Crippen LogP contribution in [-0.4, -0.2) is 191 Å². The van der Waals surface area contributed by atoms with Gasteiger partial charge in [0.25, 0.3) is 0 Å². The first-order valence-electron chi connectivity index (χ1n) is 16.7. The second-order valence-electron chi connectivity index (χ2n) is 13.2. The van der Waals surface area contributed by atoms with Crippen LogP contribution in [0.2, 0.25) is 0 Å². The highest BCUT2D eigenvalue weighted by Gasteiger charge is 2.54. The number of ether oxygens (including phenoxy) is 6. The summed E-state index contributed by atoms with van der Waals surface area (Å²) in [5.41, 5.74) is 0.463. The zero-order chi connectivity index (χ0) is 37.3. The third-order valence-electron chi connectivity index (χ3n) is 9.75. The average molecular weight is 736 g/mol. The van der Waals surface area contributed by atoms with Gasteiger partial charge in [0, 0.05) is 6.07 Å². The van der Waals surface area contributed by atoms with E-state index in [0.29, 0.717) is 12.0 Å². The van der Waals surface area contributed by atoms with E-state index in [1.807, 2.05) is 0 Å². The number of phenolic OH excluding ortho intramolecular Hbond substituents is 1. The van der Waals surface area contributed by atoms with E-state index in [0.717, 1.165) is 0 Å². The Balaban J connectivity index is 1.22. The lowest BCUT2D eigenvalue weighted by Crippen LogP contribution is -2.68. The summed E-state index contributed by atoms with van der Waals surface area (Å²) in [6.07, 6.45) is -24.9. The van der Waals surface area contributed by atoms with Crippen LogP contribution in [0, 0.1) is 0 Å². The van der Waals surface area contributed by atoms with Gasteiger partial charge in [0.15, 0.2) is 12.6 Å². The molecule has 19 atom stereocenters. The zero-order valence-corrected chi connectivity index (χ0v) is 27.8. The van der Waals surface area contributed by atoms with Crippen molar-refractivity contribution in [2.45, 2.75) is 137 Å². The van der Waals surface area contributed by atoms with Crippen LogP contribution in [0.5, 0.6) is 11.5 Å². The Labute approximate surface area is 292 Å². The fourth-order valence-corrected chi connectivity index (χ4v) is 6.77. The Bertz CT molecular complexity index is 1300. The quantitative estimate of drug-likeness (QED) is 0.0944. The number of aromatic hydroxyl groups is 1. The molecule has 19 heteroatoms. The van der Waals surface area contributed by atoms with Crippen molar-refractivity contribution in [3.8, 4) is 11.5 Å². The van der Waals surface area contributed by atoms with Crippen molar-refractivity contribution in [2.24, 2.45) is 0 Å². The Kier molecular flexibility index (Phi) is 13.3. The molecule has 3 saturated heterocycles. The van der Waals surface area contributed by atoms with E-state index in [-0.39, 0.29) is 11.5 Å². The fraction of sp³-hybridized carbons (Fsp3) is 0.750. The lowest BCUT2D eigenvalue weighted by molar-refractivity contribution is -0.372. The maximum atomic E-state index is 11.1. The van der Waals surface area contributed by atoms with Gasteiger partial charge in [0.2, 0.25) is 6.29 Å². The summed E-state index contributed by atoms with van der Waals surface area (Å²) in [6, 6.07) is 3.58. The fourth-order valence-electron chi connectivity index (χ4n) is 6.77. The molecule has 0 saturated carbocycles. The van der Waals surface area contributed by atoms with Crippen LogP contribution in [0.1, 0.15) is 20.3 Å². The van der Waals surface area contributed by atoms with Gasteiger partial charge in [0.1, 0.15) is 90.9 Å². The first-order chi connectivity index (χ1) is 24.2. The Morgan fingerprint density at radius 2 is 1.24 bits per heavy atom. The molecular weight excluding hydrogens is 686 g/mol. The zero-order valence-electron chi connectivity index (χ0n) is 27.8. The van der Waals surface area contributed by atoms with Crippen LogP contribution in [0.25, 0.3) is 0 Å². The van der Waals surface area contributed by atoms with Crippen molar-refractivity contribution in [3.63, 3.8) is 0 Å². The molecule has 3 heterocycles. The molecule has 3 aliphatic heterocycles. The van der Waals surface area contributed by atoms with Crippen LogP contribution in [-0.2, 0) is 23.7 Å². The molecule has 13 N–H and O–H groups in total. The predicted molar refractivity (Wildman–Crippen MR) is 167 cm³/mol. The molecule has 0 radical (unpaired) electrons. The molecule has 0 amide bonds. The van der Waals surface area contributed by atoms with Gasteiger partial charge >= 0.3 is 0 Å². The first-order valence-corrected chi connectivity index (χ1v) is 16.7.